The maximum absolute atomic E-state index is 11.9. The van der Waals surface area contributed by atoms with E-state index < -0.39 is 17.5 Å². The summed E-state index contributed by atoms with van der Waals surface area (Å²) in [6.07, 6.45) is 1.83. The predicted molar refractivity (Wildman–Crippen MR) is 69.6 cm³/mol. The second kappa shape index (κ2) is 6.38. The van der Waals surface area contributed by atoms with Crippen molar-refractivity contribution in [3.05, 3.63) is 24.2 Å². The van der Waals surface area contributed by atoms with Crippen LogP contribution in [0.4, 0.5) is 0 Å². The number of aliphatic hydroxyl groups is 1. The quantitative estimate of drug-likeness (QED) is 0.707. The highest BCUT2D eigenvalue weighted by molar-refractivity contribution is 5.95. The van der Waals surface area contributed by atoms with Crippen LogP contribution in [-0.2, 0) is 4.79 Å². The van der Waals surface area contributed by atoms with Gasteiger partial charge in [-0.2, -0.15) is 0 Å². The minimum Gasteiger partial charge on any atom is -0.459 e. The van der Waals surface area contributed by atoms with E-state index in [0.29, 0.717) is 6.42 Å². The number of furan rings is 1. The standard InChI is InChI=1S/C13H20N2O4/c1-9(11(17)15-13(2,3)6-7-16)14-12(18)10-5-4-8-19-10/h4-5,8-9,16H,6-7H2,1-3H3,(H,14,18)(H,15,17). The van der Waals surface area contributed by atoms with Crippen LogP contribution < -0.4 is 10.6 Å². The zero-order chi connectivity index (χ0) is 14.5. The first kappa shape index (κ1) is 15.2. The van der Waals surface area contributed by atoms with E-state index in [1.54, 1.807) is 13.0 Å². The molecule has 0 aliphatic carbocycles. The van der Waals surface area contributed by atoms with Crippen molar-refractivity contribution in [2.45, 2.75) is 38.8 Å². The molecule has 3 N–H and O–H groups in total. The molecule has 0 saturated carbocycles. The van der Waals surface area contributed by atoms with Crippen LogP contribution in [0.5, 0.6) is 0 Å². The van der Waals surface area contributed by atoms with Crippen molar-refractivity contribution < 1.29 is 19.1 Å². The molecule has 19 heavy (non-hydrogen) atoms. The molecular weight excluding hydrogens is 248 g/mol. The Morgan fingerprint density at radius 1 is 1.47 bits per heavy atom. The Morgan fingerprint density at radius 3 is 2.68 bits per heavy atom. The third-order valence-corrected chi connectivity index (χ3v) is 2.68. The molecule has 1 aromatic rings. The number of carbonyl (C=O) groups excluding carboxylic acids is 2. The number of nitrogens with one attached hydrogen (secondary N) is 2. The Balaban J connectivity index is 2.51. The Kier molecular flexibility index (Phi) is 5.11. The van der Waals surface area contributed by atoms with E-state index >= 15 is 0 Å². The number of hydrogen-bond acceptors (Lipinski definition) is 4. The van der Waals surface area contributed by atoms with Crippen molar-refractivity contribution in [2.75, 3.05) is 6.61 Å². The van der Waals surface area contributed by atoms with Gasteiger partial charge >= 0.3 is 0 Å². The topological polar surface area (TPSA) is 91.6 Å². The molecule has 106 valence electrons. The van der Waals surface area contributed by atoms with Gasteiger partial charge in [0, 0.05) is 12.1 Å². The Labute approximate surface area is 112 Å². The average molecular weight is 268 g/mol. The molecule has 0 aliphatic rings. The number of aliphatic hydroxyl groups excluding tert-OH is 1. The molecule has 0 aliphatic heterocycles. The Morgan fingerprint density at radius 2 is 2.16 bits per heavy atom. The summed E-state index contributed by atoms with van der Waals surface area (Å²) < 4.78 is 4.94. The van der Waals surface area contributed by atoms with Crippen molar-refractivity contribution in [3.63, 3.8) is 0 Å². The van der Waals surface area contributed by atoms with Crippen molar-refractivity contribution in [2.24, 2.45) is 0 Å². The summed E-state index contributed by atoms with van der Waals surface area (Å²) in [4.78, 5) is 23.6. The second-order valence-corrected chi connectivity index (χ2v) is 5.02. The molecule has 1 aromatic heterocycles. The highest BCUT2D eigenvalue weighted by atomic mass is 16.3. The zero-order valence-electron chi connectivity index (χ0n) is 11.4. The van der Waals surface area contributed by atoms with Gasteiger partial charge in [-0.15, -0.1) is 0 Å². The van der Waals surface area contributed by atoms with Crippen molar-refractivity contribution in [3.8, 4) is 0 Å². The van der Waals surface area contributed by atoms with Crippen LogP contribution in [0, 0.1) is 0 Å². The van der Waals surface area contributed by atoms with Gasteiger partial charge in [0.25, 0.3) is 5.91 Å². The van der Waals surface area contributed by atoms with E-state index in [-0.39, 0.29) is 18.3 Å². The fourth-order valence-corrected chi connectivity index (χ4v) is 1.52. The van der Waals surface area contributed by atoms with Gasteiger partial charge in [0.2, 0.25) is 5.91 Å². The fraction of sp³-hybridized carbons (Fsp3) is 0.538. The number of hydrogen-bond donors (Lipinski definition) is 3. The third kappa shape index (κ3) is 4.75. The summed E-state index contributed by atoms with van der Waals surface area (Å²) >= 11 is 0. The summed E-state index contributed by atoms with van der Waals surface area (Å²) in [5.41, 5.74) is -0.518. The van der Waals surface area contributed by atoms with E-state index in [9.17, 15) is 9.59 Å². The summed E-state index contributed by atoms with van der Waals surface area (Å²) in [6, 6.07) is 2.44. The van der Waals surface area contributed by atoms with E-state index in [4.69, 9.17) is 9.52 Å². The summed E-state index contributed by atoms with van der Waals surface area (Å²) in [7, 11) is 0. The highest BCUT2D eigenvalue weighted by Gasteiger charge is 2.24. The number of carbonyl (C=O) groups is 2. The SMILES string of the molecule is CC(NC(=O)c1ccco1)C(=O)NC(C)(C)CCO. The van der Waals surface area contributed by atoms with Crippen LogP contribution in [-0.4, -0.2) is 35.1 Å². The maximum Gasteiger partial charge on any atom is 0.287 e. The van der Waals surface area contributed by atoms with Crippen LogP contribution in [0.15, 0.2) is 22.8 Å². The lowest BCUT2D eigenvalue weighted by atomic mass is 10.0. The van der Waals surface area contributed by atoms with Gasteiger partial charge in [-0.3, -0.25) is 9.59 Å². The molecule has 0 aromatic carbocycles. The van der Waals surface area contributed by atoms with Crippen molar-refractivity contribution in [1.29, 1.82) is 0 Å². The molecule has 0 spiro atoms. The zero-order valence-corrected chi connectivity index (χ0v) is 11.4. The van der Waals surface area contributed by atoms with Crippen molar-refractivity contribution in [1.82, 2.24) is 10.6 Å². The van der Waals surface area contributed by atoms with E-state index in [1.165, 1.54) is 12.3 Å². The molecule has 6 nitrogen and oxygen atoms in total. The van der Waals surface area contributed by atoms with E-state index in [2.05, 4.69) is 10.6 Å². The smallest absolute Gasteiger partial charge is 0.287 e. The summed E-state index contributed by atoms with van der Waals surface area (Å²) in [5.74, 6) is -0.583. The Bertz CT molecular complexity index is 426. The molecule has 0 radical (unpaired) electrons. The lowest BCUT2D eigenvalue weighted by Gasteiger charge is -2.27. The molecule has 1 atom stereocenters. The average Bonchev–Trinajstić information content (AvgIpc) is 2.81. The van der Waals surface area contributed by atoms with Crippen LogP contribution >= 0.6 is 0 Å². The van der Waals surface area contributed by atoms with Gasteiger partial charge in [-0.05, 0) is 39.3 Å². The first-order valence-corrected chi connectivity index (χ1v) is 6.13. The number of amides is 2. The molecule has 0 saturated heterocycles. The van der Waals surface area contributed by atoms with Gasteiger partial charge in [0.15, 0.2) is 5.76 Å². The highest BCUT2D eigenvalue weighted by Crippen LogP contribution is 2.07. The van der Waals surface area contributed by atoms with Gasteiger partial charge in [-0.25, -0.2) is 0 Å². The molecule has 6 heteroatoms. The van der Waals surface area contributed by atoms with Gasteiger partial charge in [0.05, 0.1) is 6.26 Å². The first-order valence-electron chi connectivity index (χ1n) is 6.13. The molecule has 2 amide bonds. The van der Waals surface area contributed by atoms with Crippen LogP contribution in [0.2, 0.25) is 0 Å². The van der Waals surface area contributed by atoms with Crippen LogP contribution in [0.3, 0.4) is 0 Å². The predicted octanol–water partition coefficient (Wildman–Crippen LogP) is 0.675. The normalized spacial score (nSPS) is 12.8. The summed E-state index contributed by atoms with van der Waals surface area (Å²) in [6.45, 7) is 5.19. The summed E-state index contributed by atoms with van der Waals surface area (Å²) in [5, 5.41) is 14.2. The minimum atomic E-state index is -0.685. The number of rotatable bonds is 6. The van der Waals surface area contributed by atoms with Gasteiger partial charge in [-0.1, -0.05) is 0 Å². The first-order chi connectivity index (χ1) is 8.85. The molecule has 1 rings (SSSR count). The maximum atomic E-state index is 11.9. The van der Waals surface area contributed by atoms with Gasteiger partial charge < -0.3 is 20.2 Å². The fourth-order valence-electron chi connectivity index (χ4n) is 1.52. The molecule has 1 heterocycles. The van der Waals surface area contributed by atoms with Crippen LogP contribution in [0.1, 0.15) is 37.7 Å². The minimum absolute atomic E-state index is 0.0135. The molecule has 0 bridgehead atoms. The molecule has 1 unspecified atom stereocenters. The second-order valence-electron chi connectivity index (χ2n) is 5.02. The monoisotopic (exact) mass is 268 g/mol. The van der Waals surface area contributed by atoms with Crippen LogP contribution in [0.25, 0.3) is 0 Å². The largest absolute Gasteiger partial charge is 0.459 e. The third-order valence-electron chi connectivity index (χ3n) is 2.68. The van der Waals surface area contributed by atoms with E-state index in [1.807, 2.05) is 13.8 Å². The Hall–Kier alpha value is -1.82. The lowest BCUT2D eigenvalue weighted by molar-refractivity contribution is -0.124. The van der Waals surface area contributed by atoms with Gasteiger partial charge in [0.1, 0.15) is 6.04 Å². The molecular formula is C13H20N2O4. The van der Waals surface area contributed by atoms with E-state index in [0.717, 1.165) is 0 Å². The lowest BCUT2D eigenvalue weighted by Crippen LogP contribution is -2.52. The molecule has 0 fully saturated rings. The van der Waals surface area contributed by atoms with Crippen molar-refractivity contribution >= 4 is 11.8 Å².